The molecule has 1 saturated carbocycles. The second-order valence-corrected chi connectivity index (χ2v) is 9.26. The Balaban J connectivity index is 1.41. The van der Waals surface area contributed by atoms with Crippen molar-refractivity contribution in [3.05, 3.63) is 59.7 Å². The molecule has 186 valence electrons. The zero-order valence-electron chi connectivity index (χ0n) is 19.7. The number of aliphatic carboxylic acids is 1. The number of nitrogens with one attached hydrogen (secondary N) is 1. The molecule has 2 aromatic rings. The molecule has 0 bridgehead atoms. The van der Waals surface area contributed by atoms with Crippen molar-refractivity contribution in [2.75, 3.05) is 26.3 Å². The Morgan fingerprint density at radius 3 is 2.17 bits per heavy atom. The summed E-state index contributed by atoms with van der Waals surface area (Å²) in [5, 5.41) is 21.2. The van der Waals surface area contributed by atoms with Crippen LogP contribution in [-0.2, 0) is 14.3 Å². The van der Waals surface area contributed by atoms with E-state index in [9.17, 15) is 19.5 Å². The van der Waals surface area contributed by atoms with Crippen LogP contribution in [0, 0.1) is 5.92 Å². The highest BCUT2D eigenvalue weighted by Crippen LogP contribution is 2.44. The molecule has 0 radical (unpaired) electrons. The summed E-state index contributed by atoms with van der Waals surface area (Å²) in [6.45, 7) is -0.692. The third kappa shape index (κ3) is 5.82. The maximum absolute atomic E-state index is 12.9. The number of rotatable bonds is 10. The topological polar surface area (TPSA) is 116 Å². The number of hydrogen-bond donors (Lipinski definition) is 3. The predicted octanol–water partition coefficient (Wildman–Crippen LogP) is 3.38. The molecule has 0 saturated heterocycles. The van der Waals surface area contributed by atoms with Gasteiger partial charge >= 0.3 is 12.1 Å². The van der Waals surface area contributed by atoms with Crippen molar-refractivity contribution < 1.29 is 29.3 Å². The van der Waals surface area contributed by atoms with Crippen LogP contribution in [0.2, 0.25) is 0 Å². The van der Waals surface area contributed by atoms with Crippen molar-refractivity contribution in [1.29, 1.82) is 0 Å². The van der Waals surface area contributed by atoms with Crippen molar-refractivity contribution in [2.24, 2.45) is 5.92 Å². The smallest absolute Gasteiger partial charge is 0.407 e. The third-order valence-corrected chi connectivity index (χ3v) is 7.06. The van der Waals surface area contributed by atoms with Crippen molar-refractivity contribution in [3.63, 3.8) is 0 Å². The summed E-state index contributed by atoms with van der Waals surface area (Å²) in [7, 11) is 0. The molecule has 1 unspecified atom stereocenters. The van der Waals surface area contributed by atoms with E-state index in [1.807, 2.05) is 24.3 Å². The van der Waals surface area contributed by atoms with Crippen LogP contribution in [-0.4, -0.2) is 65.4 Å². The maximum Gasteiger partial charge on any atom is 0.407 e. The standard InChI is InChI=1S/C27H32N2O6/c30-14-13-29(16-26(32)33)25(31)15-24(18-7-1-2-8-18)28-27(34)35-17-23-21-11-5-3-9-19(21)20-10-4-6-12-22(20)23/h3-6,9-12,18,23-24,30H,1-2,7-8,13-17H2,(H,28,34)(H,32,33). The molecular weight excluding hydrogens is 448 g/mol. The van der Waals surface area contributed by atoms with Gasteiger partial charge in [0.05, 0.1) is 6.61 Å². The predicted molar refractivity (Wildman–Crippen MR) is 130 cm³/mol. The SMILES string of the molecule is O=C(O)CN(CCO)C(=O)CC(NC(=O)OCC1c2ccccc2-c2ccccc21)C1CCCC1. The average Bonchev–Trinajstić information content (AvgIpc) is 3.49. The van der Waals surface area contributed by atoms with E-state index >= 15 is 0 Å². The average molecular weight is 481 g/mol. The van der Waals surface area contributed by atoms with Gasteiger partial charge in [-0.1, -0.05) is 61.4 Å². The van der Waals surface area contributed by atoms with E-state index in [0.717, 1.165) is 52.8 Å². The molecule has 0 heterocycles. The van der Waals surface area contributed by atoms with Crippen molar-refractivity contribution in [2.45, 2.75) is 44.1 Å². The Kier molecular flexibility index (Phi) is 8.02. The first-order chi connectivity index (χ1) is 17.0. The minimum absolute atomic E-state index is 0.0257. The van der Waals surface area contributed by atoms with E-state index in [1.54, 1.807) is 0 Å². The molecule has 1 atom stereocenters. The van der Waals surface area contributed by atoms with Gasteiger partial charge in [-0.2, -0.15) is 0 Å². The molecule has 1 fully saturated rings. The maximum atomic E-state index is 12.9. The number of carbonyl (C=O) groups is 3. The summed E-state index contributed by atoms with van der Waals surface area (Å²) < 4.78 is 5.67. The van der Waals surface area contributed by atoms with Gasteiger partial charge in [-0.15, -0.1) is 0 Å². The van der Waals surface area contributed by atoms with Crippen molar-refractivity contribution in [1.82, 2.24) is 10.2 Å². The van der Waals surface area contributed by atoms with E-state index in [0.29, 0.717) is 0 Å². The molecule has 0 aromatic heterocycles. The fraction of sp³-hybridized carbons (Fsp3) is 0.444. The number of alkyl carbamates (subject to hydrolysis) is 1. The minimum Gasteiger partial charge on any atom is -0.480 e. The first-order valence-electron chi connectivity index (χ1n) is 12.2. The van der Waals surface area contributed by atoms with Crippen LogP contribution in [0.1, 0.15) is 49.1 Å². The molecule has 2 aromatic carbocycles. The van der Waals surface area contributed by atoms with E-state index in [1.165, 1.54) is 0 Å². The van der Waals surface area contributed by atoms with E-state index in [2.05, 4.69) is 29.6 Å². The summed E-state index contributed by atoms with van der Waals surface area (Å²) in [4.78, 5) is 37.9. The highest BCUT2D eigenvalue weighted by molar-refractivity contribution is 5.82. The number of benzene rings is 2. The Bertz CT molecular complexity index is 1020. The Hall–Kier alpha value is -3.39. The first-order valence-corrected chi connectivity index (χ1v) is 12.2. The van der Waals surface area contributed by atoms with E-state index in [-0.39, 0.29) is 38.0 Å². The molecule has 8 nitrogen and oxygen atoms in total. The zero-order valence-corrected chi connectivity index (χ0v) is 19.7. The molecule has 2 aliphatic rings. The highest BCUT2D eigenvalue weighted by Gasteiger charge is 2.32. The van der Waals surface area contributed by atoms with Crippen LogP contribution in [0.15, 0.2) is 48.5 Å². The Labute approximate surface area is 204 Å². The normalized spacial score (nSPS) is 15.8. The number of carboxylic acids is 1. The third-order valence-electron chi connectivity index (χ3n) is 7.06. The lowest BCUT2D eigenvalue weighted by Gasteiger charge is -2.27. The highest BCUT2D eigenvalue weighted by atomic mass is 16.5. The molecule has 2 amide bonds. The molecule has 8 heteroatoms. The number of aliphatic hydroxyl groups is 1. The number of fused-ring (bicyclic) bond motifs is 3. The van der Waals surface area contributed by atoms with Crippen molar-refractivity contribution in [3.8, 4) is 11.1 Å². The van der Waals surface area contributed by atoms with Gasteiger partial charge in [0.2, 0.25) is 5.91 Å². The summed E-state index contributed by atoms with van der Waals surface area (Å²) >= 11 is 0. The number of carboxylic acid groups (broad SMARTS) is 1. The lowest BCUT2D eigenvalue weighted by atomic mass is 9.95. The molecule has 4 rings (SSSR count). The van der Waals surface area contributed by atoms with Crippen molar-refractivity contribution >= 4 is 18.0 Å². The summed E-state index contributed by atoms with van der Waals surface area (Å²) in [5.74, 6) is -1.48. The van der Waals surface area contributed by atoms with E-state index in [4.69, 9.17) is 9.84 Å². The van der Waals surface area contributed by atoms with Gasteiger partial charge in [-0.3, -0.25) is 9.59 Å². The lowest BCUT2D eigenvalue weighted by Crippen LogP contribution is -2.46. The van der Waals surface area contributed by atoms with Gasteiger partial charge < -0.3 is 25.2 Å². The number of hydrogen-bond acceptors (Lipinski definition) is 5. The van der Waals surface area contributed by atoms with Gasteiger partial charge in [0.1, 0.15) is 13.2 Å². The Morgan fingerprint density at radius 1 is 1.00 bits per heavy atom. The quantitative estimate of drug-likeness (QED) is 0.480. The van der Waals surface area contributed by atoms with Gasteiger partial charge in [-0.05, 0) is 41.0 Å². The number of carbonyl (C=O) groups excluding carboxylic acids is 2. The minimum atomic E-state index is -1.14. The van der Waals surface area contributed by atoms with Crippen LogP contribution in [0.4, 0.5) is 4.79 Å². The molecular formula is C27H32N2O6. The van der Waals surface area contributed by atoms with Crippen LogP contribution >= 0.6 is 0 Å². The Morgan fingerprint density at radius 2 is 1.60 bits per heavy atom. The van der Waals surface area contributed by atoms with Gasteiger partial charge in [0, 0.05) is 24.9 Å². The largest absolute Gasteiger partial charge is 0.480 e. The molecule has 0 spiro atoms. The lowest BCUT2D eigenvalue weighted by molar-refractivity contribution is -0.145. The summed E-state index contributed by atoms with van der Waals surface area (Å²) in [6, 6.07) is 15.8. The molecule has 35 heavy (non-hydrogen) atoms. The zero-order chi connectivity index (χ0) is 24.8. The monoisotopic (exact) mass is 480 g/mol. The van der Waals surface area contributed by atoms with Crippen LogP contribution in [0.25, 0.3) is 11.1 Å². The summed E-state index contributed by atoms with van der Waals surface area (Å²) in [5.41, 5.74) is 4.54. The second kappa shape index (κ2) is 11.4. The van der Waals surface area contributed by atoms with Gasteiger partial charge in [0.25, 0.3) is 0 Å². The number of nitrogens with zero attached hydrogens (tertiary/aromatic N) is 1. The fourth-order valence-electron chi connectivity index (χ4n) is 5.38. The van der Waals surface area contributed by atoms with Crippen LogP contribution < -0.4 is 5.32 Å². The number of aliphatic hydroxyl groups excluding tert-OH is 1. The van der Waals surface area contributed by atoms with E-state index < -0.39 is 30.6 Å². The molecule has 0 aliphatic heterocycles. The molecule has 3 N–H and O–H groups in total. The second-order valence-electron chi connectivity index (χ2n) is 9.26. The van der Waals surface area contributed by atoms with Crippen LogP contribution in [0.5, 0.6) is 0 Å². The van der Waals surface area contributed by atoms with Crippen LogP contribution in [0.3, 0.4) is 0 Å². The summed E-state index contributed by atoms with van der Waals surface area (Å²) in [6.07, 6.45) is 3.22. The number of ether oxygens (including phenoxy) is 1. The van der Waals surface area contributed by atoms with Gasteiger partial charge in [-0.25, -0.2) is 4.79 Å². The van der Waals surface area contributed by atoms with Gasteiger partial charge in [0.15, 0.2) is 0 Å². The fourth-order valence-corrected chi connectivity index (χ4v) is 5.38. The number of amides is 2. The molecule has 2 aliphatic carbocycles. The first kappa shape index (κ1) is 24.7.